The second-order valence-electron chi connectivity index (χ2n) is 3.73. The topological polar surface area (TPSA) is 79.3 Å². The van der Waals surface area contributed by atoms with Gasteiger partial charge in [-0.3, -0.25) is 9.71 Å². The Morgan fingerprint density at radius 1 is 1.50 bits per heavy atom. The Morgan fingerprint density at radius 3 is 2.89 bits per heavy atom. The van der Waals surface area contributed by atoms with E-state index in [0.717, 1.165) is 16.9 Å². The third-order valence-corrected chi connectivity index (χ3v) is 5.21. The summed E-state index contributed by atoms with van der Waals surface area (Å²) in [5, 5.41) is 10.5. The minimum atomic E-state index is -3.61. The molecule has 0 aromatic carbocycles. The van der Waals surface area contributed by atoms with Crippen LogP contribution in [-0.2, 0) is 16.6 Å². The van der Waals surface area contributed by atoms with E-state index < -0.39 is 10.0 Å². The lowest BCUT2D eigenvalue weighted by Gasteiger charge is -2.07. The number of nitrogens with zero attached hydrogens (tertiary/aromatic N) is 1. The van der Waals surface area contributed by atoms with Gasteiger partial charge in [0.25, 0.3) is 10.0 Å². The zero-order chi connectivity index (χ0) is 13.2. The summed E-state index contributed by atoms with van der Waals surface area (Å²) in [5.41, 5.74) is 1.84. The monoisotopic (exact) mass is 284 g/mol. The minimum Gasteiger partial charge on any atom is -0.392 e. The largest absolute Gasteiger partial charge is 0.392 e. The Bertz CT molecular complexity index is 650. The van der Waals surface area contributed by atoms with Crippen molar-refractivity contribution in [3.63, 3.8) is 0 Å². The van der Waals surface area contributed by atoms with Gasteiger partial charge < -0.3 is 5.11 Å². The molecule has 0 bridgehead atoms. The van der Waals surface area contributed by atoms with Crippen LogP contribution in [-0.4, -0.2) is 18.5 Å². The van der Waals surface area contributed by atoms with Crippen molar-refractivity contribution < 1.29 is 13.5 Å². The number of sulfonamides is 1. The average Bonchev–Trinajstić information content (AvgIpc) is 2.81. The van der Waals surface area contributed by atoms with E-state index in [1.165, 1.54) is 12.3 Å². The van der Waals surface area contributed by atoms with Gasteiger partial charge >= 0.3 is 0 Å². The van der Waals surface area contributed by atoms with Gasteiger partial charge in [0.2, 0.25) is 0 Å². The third-order valence-electron chi connectivity index (χ3n) is 2.36. The molecule has 0 fully saturated rings. The van der Waals surface area contributed by atoms with Gasteiger partial charge in [-0.2, -0.15) is 0 Å². The zero-order valence-corrected chi connectivity index (χ0v) is 11.3. The first-order valence-corrected chi connectivity index (χ1v) is 7.51. The molecule has 18 heavy (non-hydrogen) atoms. The Kier molecular flexibility index (Phi) is 3.65. The van der Waals surface area contributed by atoms with E-state index in [-0.39, 0.29) is 10.8 Å². The number of nitrogens with one attached hydrogen (secondary N) is 1. The SMILES string of the molecule is Cc1ccncc1NS(=O)(=O)c1cc(CO)cs1. The highest BCUT2D eigenvalue weighted by molar-refractivity contribution is 7.94. The summed E-state index contributed by atoms with van der Waals surface area (Å²) in [6, 6.07) is 3.18. The molecule has 96 valence electrons. The number of aliphatic hydroxyl groups excluding tert-OH is 1. The van der Waals surface area contributed by atoms with Gasteiger partial charge in [-0.15, -0.1) is 11.3 Å². The molecule has 2 heterocycles. The molecule has 0 aliphatic rings. The third kappa shape index (κ3) is 2.69. The van der Waals surface area contributed by atoms with E-state index in [4.69, 9.17) is 5.11 Å². The van der Waals surface area contributed by atoms with Crippen LogP contribution >= 0.6 is 11.3 Å². The fraction of sp³-hybridized carbons (Fsp3) is 0.182. The summed E-state index contributed by atoms with van der Waals surface area (Å²) in [6.07, 6.45) is 3.07. The summed E-state index contributed by atoms with van der Waals surface area (Å²) in [5.74, 6) is 0. The summed E-state index contributed by atoms with van der Waals surface area (Å²) >= 11 is 1.08. The molecule has 0 saturated heterocycles. The molecule has 0 unspecified atom stereocenters. The minimum absolute atomic E-state index is 0.169. The standard InChI is InChI=1S/C11H12N2O3S2/c1-8-2-3-12-5-10(8)13-18(15,16)11-4-9(6-14)7-17-11/h2-5,7,13-14H,6H2,1H3. The predicted molar refractivity (Wildman–Crippen MR) is 70.0 cm³/mol. The first kappa shape index (κ1) is 13.0. The molecule has 5 nitrogen and oxygen atoms in total. The van der Waals surface area contributed by atoms with Crippen LogP contribution in [0, 0.1) is 6.92 Å². The highest BCUT2D eigenvalue weighted by Crippen LogP contribution is 2.24. The van der Waals surface area contributed by atoms with E-state index in [9.17, 15) is 8.42 Å². The summed E-state index contributed by atoms with van der Waals surface area (Å²) in [7, 11) is -3.61. The van der Waals surface area contributed by atoms with Crippen molar-refractivity contribution >= 4 is 27.0 Å². The fourth-order valence-electron chi connectivity index (χ4n) is 1.34. The van der Waals surface area contributed by atoms with Crippen LogP contribution < -0.4 is 4.72 Å². The van der Waals surface area contributed by atoms with Gasteiger partial charge in [0, 0.05) is 6.20 Å². The number of hydrogen-bond donors (Lipinski definition) is 2. The summed E-state index contributed by atoms with van der Waals surface area (Å²) < 4.78 is 26.8. The number of anilines is 1. The van der Waals surface area contributed by atoms with Crippen LogP contribution in [0.25, 0.3) is 0 Å². The lowest BCUT2D eigenvalue weighted by molar-refractivity contribution is 0.282. The van der Waals surface area contributed by atoms with E-state index >= 15 is 0 Å². The molecule has 0 aliphatic heterocycles. The van der Waals surface area contributed by atoms with Crippen molar-refractivity contribution in [2.45, 2.75) is 17.7 Å². The first-order valence-electron chi connectivity index (χ1n) is 5.14. The molecule has 2 aromatic rings. The average molecular weight is 284 g/mol. The van der Waals surface area contributed by atoms with Crippen molar-refractivity contribution in [1.29, 1.82) is 0 Å². The molecular weight excluding hydrogens is 272 g/mol. The summed E-state index contributed by atoms with van der Waals surface area (Å²) in [6.45, 7) is 1.63. The number of aliphatic hydroxyl groups is 1. The normalized spacial score (nSPS) is 11.4. The second-order valence-corrected chi connectivity index (χ2v) is 6.55. The van der Waals surface area contributed by atoms with Gasteiger partial charge in [0.1, 0.15) is 4.21 Å². The Hall–Kier alpha value is -1.44. The van der Waals surface area contributed by atoms with Crippen molar-refractivity contribution in [1.82, 2.24) is 4.98 Å². The van der Waals surface area contributed by atoms with Crippen LogP contribution in [0.5, 0.6) is 0 Å². The smallest absolute Gasteiger partial charge is 0.271 e. The quantitative estimate of drug-likeness (QED) is 0.896. The highest BCUT2D eigenvalue weighted by Gasteiger charge is 2.17. The number of pyridine rings is 1. The molecule has 0 aliphatic carbocycles. The maximum Gasteiger partial charge on any atom is 0.271 e. The van der Waals surface area contributed by atoms with Gasteiger partial charge in [-0.1, -0.05) is 0 Å². The lowest BCUT2D eigenvalue weighted by Crippen LogP contribution is -2.12. The molecule has 0 radical (unpaired) electrons. The van der Waals surface area contributed by atoms with E-state index in [1.54, 1.807) is 24.6 Å². The maximum atomic E-state index is 12.1. The lowest BCUT2D eigenvalue weighted by atomic mass is 10.3. The van der Waals surface area contributed by atoms with E-state index in [2.05, 4.69) is 9.71 Å². The van der Waals surface area contributed by atoms with Crippen molar-refractivity contribution in [3.05, 3.63) is 41.0 Å². The Labute approximate surface area is 109 Å². The molecule has 2 rings (SSSR count). The Morgan fingerprint density at radius 2 is 2.28 bits per heavy atom. The number of thiophene rings is 1. The van der Waals surface area contributed by atoms with Gasteiger partial charge in [0.05, 0.1) is 18.5 Å². The molecule has 2 N–H and O–H groups in total. The number of aromatic nitrogens is 1. The zero-order valence-electron chi connectivity index (χ0n) is 9.62. The van der Waals surface area contributed by atoms with Crippen LogP contribution in [0.2, 0.25) is 0 Å². The van der Waals surface area contributed by atoms with Crippen molar-refractivity contribution in [3.8, 4) is 0 Å². The first-order chi connectivity index (χ1) is 8.53. The molecule has 7 heteroatoms. The van der Waals surface area contributed by atoms with Crippen LogP contribution in [0.1, 0.15) is 11.1 Å². The summed E-state index contributed by atoms with van der Waals surface area (Å²) in [4.78, 5) is 3.88. The predicted octanol–water partition coefficient (Wildman–Crippen LogP) is 1.74. The van der Waals surface area contributed by atoms with E-state index in [0.29, 0.717) is 11.3 Å². The molecular formula is C11H12N2O3S2. The van der Waals surface area contributed by atoms with Crippen LogP contribution in [0.3, 0.4) is 0 Å². The molecule has 0 amide bonds. The molecule has 2 aromatic heterocycles. The molecule has 0 spiro atoms. The number of hydrogen-bond acceptors (Lipinski definition) is 5. The van der Waals surface area contributed by atoms with Gasteiger partial charge in [0.15, 0.2) is 0 Å². The molecule has 0 atom stereocenters. The van der Waals surface area contributed by atoms with Gasteiger partial charge in [-0.25, -0.2) is 8.42 Å². The van der Waals surface area contributed by atoms with E-state index in [1.807, 2.05) is 0 Å². The second kappa shape index (κ2) is 5.05. The van der Waals surface area contributed by atoms with Crippen LogP contribution in [0.15, 0.2) is 34.1 Å². The van der Waals surface area contributed by atoms with Gasteiger partial charge in [-0.05, 0) is 35.6 Å². The fourth-order valence-corrected chi connectivity index (χ4v) is 3.66. The number of aryl methyl sites for hydroxylation is 1. The Balaban J connectivity index is 2.30. The maximum absolute atomic E-state index is 12.1. The number of rotatable bonds is 4. The van der Waals surface area contributed by atoms with Crippen LogP contribution in [0.4, 0.5) is 5.69 Å². The molecule has 0 saturated carbocycles. The van der Waals surface area contributed by atoms with Crippen molar-refractivity contribution in [2.75, 3.05) is 4.72 Å². The highest BCUT2D eigenvalue weighted by atomic mass is 32.2. The van der Waals surface area contributed by atoms with Crippen molar-refractivity contribution in [2.24, 2.45) is 0 Å².